The second-order valence-corrected chi connectivity index (χ2v) is 9.56. The van der Waals surface area contributed by atoms with Crippen LogP contribution in [0.5, 0.6) is 5.75 Å². The minimum atomic E-state index is -0.559. The Bertz CT molecular complexity index is 1390. The van der Waals surface area contributed by atoms with Crippen LogP contribution >= 0.6 is 0 Å². The van der Waals surface area contributed by atoms with Gasteiger partial charge < -0.3 is 19.5 Å². The van der Waals surface area contributed by atoms with Gasteiger partial charge in [-0.3, -0.25) is 0 Å². The van der Waals surface area contributed by atoms with E-state index in [0.29, 0.717) is 13.2 Å². The first kappa shape index (κ1) is 23.9. The van der Waals surface area contributed by atoms with Crippen molar-refractivity contribution in [3.63, 3.8) is 0 Å². The van der Waals surface area contributed by atoms with Gasteiger partial charge in [0.25, 0.3) is 0 Å². The topological polar surface area (TPSA) is 42.3 Å². The molecule has 0 aliphatic carbocycles. The van der Waals surface area contributed by atoms with Gasteiger partial charge in [0, 0.05) is 18.4 Å². The van der Waals surface area contributed by atoms with Crippen molar-refractivity contribution >= 4 is 11.4 Å². The lowest BCUT2D eigenvalue weighted by Crippen LogP contribution is -2.37. The van der Waals surface area contributed by atoms with Crippen molar-refractivity contribution in [3.8, 4) is 5.75 Å². The number of benzene rings is 4. The molecule has 190 valence electrons. The molecule has 5 aromatic rings. The lowest BCUT2D eigenvalue weighted by Gasteiger charge is -2.37. The SMILES string of the molecule is CCNc1ccc2c(c1)N(Cc1cn(C(c3ccccc3)(c3ccccc3)c3ccccc3)cn1)CCO2. The normalized spacial score (nSPS) is 13.0. The maximum absolute atomic E-state index is 5.96. The fourth-order valence-corrected chi connectivity index (χ4v) is 5.56. The van der Waals surface area contributed by atoms with Crippen molar-refractivity contribution in [2.75, 3.05) is 29.9 Å². The first-order valence-corrected chi connectivity index (χ1v) is 13.2. The maximum atomic E-state index is 5.96. The third kappa shape index (κ3) is 4.30. The van der Waals surface area contributed by atoms with Crippen LogP contribution in [0.3, 0.4) is 0 Å². The first-order valence-electron chi connectivity index (χ1n) is 13.2. The highest BCUT2D eigenvalue weighted by Crippen LogP contribution is 2.41. The third-order valence-electron chi connectivity index (χ3n) is 7.25. The zero-order chi connectivity index (χ0) is 25.8. The van der Waals surface area contributed by atoms with Crippen LogP contribution in [-0.4, -0.2) is 29.2 Å². The zero-order valence-electron chi connectivity index (χ0n) is 21.6. The molecule has 5 heteroatoms. The van der Waals surface area contributed by atoms with Gasteiger partial charge in [-0.15, -0.1) is 0 Å². The Morgan fingerprint density at radius 1 is 0.816 bits per heavy atom. The minimum absolute atomic E-state index is 0.559. The van der Waals surface area contributed by atoms with Crippen LogP contribution in [0.1, 0.15) is 29.3 Å². The van der Waals surface area contributed by atoms with E-state index in [1.807, 2.05) is 6.33 Å². The average molecular weight is 501 g/mol. The summed E-state index contributed by atoms with van der Waals surface area (Å²) in [6, 6.07) is 38.4. The molecular weight excluding hydrogens is 468 g/mol. The Kier molecular flexibility index (Phi) is 6.57. The predicted molar refractivity (Wildman–Crippen MR) is 154 cm³/mol. The highest BCUT2D eigenvalue weighted by Gasteiger charge is 2.38. The maximum Gasteiger partial charge on any atom is 0.142 e. The van der Waals surface area contributed by atoms with Crippen LogP contribution in [0.4, 0.5) is 11.4 Å². The molecule has 1 aliphatic rings. The van der Waals surface area contributed by atoms with Crippen LogP contribution in [-0.2, 0) is 12.1 Å². The minimum Gasteiger partial charge on any atom is -0.490 e. The van der Waals surface area contributed by atoms with E-state index in [4.69, 9.17) is 9.72 Å². The Morgan fingerprint density at radius 2 is 1.42 bits per heavy atom. The highest BCUT2D eigenvalue weighted by molar-refractivity contribution is 5.67. The van der Waals surface area contributed by atoms with Gasteiger partial charge in [-0.2, -0.15) is 0 Å². The van der Waals surface area contributed by atoms with Crippen molar-refractivity contribution in [3.05, 3.63) is 144 Å². The molecule has 1 N–H and O–H groups in total. The molecule has 0 unspecified atom stereocenters. The van der Waals surface area contributed by atoms with Crippen LogP contribution in [0.15, 0.2) is 122 Å². The summed E-state index contributed by atoms with van der Waals surface area (Å²) in [5.74, 6) is 0.921. The Balaban J connectivity index is 1.45. The molecule has 4 aromatic carbocycles. The summed E-state index contributed by atoms with van der Waals surface area (Å²) in [6.45, 7) is 5.17. The number of aromatic nitrogens is 2. The van der Waals surface area contributed by atoms with E-state index < -0.39 is 5.54 Å². The zero-order valence-corrected chi connectivity index (χ0v) is 21.6. The Labute approximate surface area is 224 Å². The van der Waals surface area contributed by atoms with E-state index in [2.05, 4.69) is 137 Å². The van der Waals surface area contributed by atoms with Gasteiger partial charge in [-0.05, 0) is 41.8 Å². The summed E-state index contributed by atoms with van der Waals surface area (Å²) < 4.78 is 8.24. The van der Waals surface area contributed by atoms with Gasteiger partial charge in [-0.25, -0.2) is 4.98 Å². The Morgan fingerprint density at radius 3 is 2.00 bits per heavy atom. The number of anilines is 2. The van der Waals surface area contributed by atoms with Gasteiger partial charge in [-0.1, -0.05) is 91.0 Å². The van der Waals surface area contributed by atoms with E-state index in [0.717, 1.165) is 35.9 Å². The van der Waals surface area contributed by atoms with Gasteiger partial charge >= 0.3 is 0 Å². The summed E-state index contributed by atoms with van der Waals surface area (Å²) >= 11 is 0. The highest BCUT2D eigenvalue weighted by atomic mass is 16.5. The summed E-state index contributed by atoms with van der Waals surface area (Å²) in [6.07, 6.45) is 4.19. The van der Waals surface area contributed by atoms with Crippen LogP contribution in [0, 0.1) is 0 Å². The van der Waals surface area contributed by atoms with Gasteiger partial charge in [0.05, 0.1) is 30.8 Å². The van der Waals surface area contributed by atoms with Crippen LogP contribution < -0.4 is 15.0 Å². The molecule has 0 amide bonds. The lowest BCUT2D eigenvalue weighted by atomic mass is 9.77. The standard InChI is InChI=1S/C33H32N4O/c1-2-34-29-18-19-32-31(22-29)36(20-21-38-32)23-30-24-37(25-35-30)33(26-12-6-3-7-13-26,27-14-8-4-9-15-27)28-16-10-5-11-17-28/h3-19,22,24-25,34H,2,20-21,23H2,1H3. The number of ether oxygens (including phenoxy) is 1. The van der Waals surface area contributed by atoms with Crippen molar-refractivity contribution in [1.82, 2.24) is 9.55 Å². The molecule has 0 bridgehead atoms. The fourth-order valence-electron chi connectivity index (χ4n) is 5.56. The van der Waals surface area contributed by atoms with Gasteiger partial charge in [0.2, 0.25) is 0 Å². The monoisotopic (exact) mass is 500 g/mol. The Hall–Kier alpha value is -4.51. The van der Waals surface area contributed by atoms with Crippen LogP contribution in [0.2, 0.25) is 0 Å². The largest absolute Gasteiger partial charge is 0.490 e. The van der Waals surface area contributed by atoms with Gasteiger partial charge in [0.1, 0.15) is 17.9 Å². The summed E-state index contributed by atoms with van der Waals surface area (Å²) in [5.41, 5.74) is 6.22. The smallest absolute Gasteiger partial charge is 0.142 e. The lowest BCUT2D eigenvalue weighted by molar-refractivity contribution is 0.307. The average Bonchev–Trinajstić information content (AvgIpc) is 3.44. The summed E-state index contributed by atoms with van der Waals surface area (Å²) in [5, 5.41) is 3.42. The number of nitrogens with zero attached hydrogens (tertiary/aromatic N) is 3. The van der Waals surface area contributed by atoms with Crippen molar-refractivity contribution < 1.29 is 4.74 Å². The van der Waals surface area contributed by atoms with Crippen molar-refractivity contribution in [1.29, 1.82) is 0 Å². The summed E-state index contributed by atoms with van der Waals surface area (Å²) in [7, 11) is 0. The van der Waals surface area contributed by atoms with Crippen molar-refractivity contribution in [2.24, 2.45) is 0 Å². The fraction of sp³-hybridized carbons (Fsp3) is 0.182. The van der Waals surface area contributed by atoms with Crippen LogP contribution in [0.25, 0.3) is 0 Å². The van der Waals surface area contributed by atoms with E-state index in [9.17, 15) is 0 Å². The second kappa shape index (κ2) is 10.5. The quantitative estimate of drug-likeness (QED) is 0.245. The molecule has 0 spiro atoms. The number of rotatable bonds is 8. The molecule has 6 rings (SSSR count). The number of nitrogens with one attached hydrogen (secondary N) is 1. The molecular formula is C33H32N4O. The third-order valence-corrected chi connectivity index (χ3v) is 7.25. The molecule has 0 radical (unpaired) electrons. The number of fused-ring (bicyclic) bond motifs is 1. The molecule has 1 aromatic heterocycles. The number of imidazole rings is 1. The molecule has 0 saturated carbocycles. The molecule has 38 heavy (non-hydrogen) atoms. The molecule has 0 saturated heterocycles. The van der Waals surface area contributed by atoms with Crippen molar-refractivity contribution in [2.45, 2.75) is 19.0 Å². The molecule has 1 aliphatic heterocycles. The van der Waals surface area contributed by atoms with E-state index in [1.165, 1.54) is 16.7 Å². The van der Waals surface area contributed by atoms with Gasteiger partial charge in [0.15, 0.2) is 0 Å². The molecule has 0 atom stereocenters. The summed E-state index contributed by atoms with van der Waals surface area (Å²) in [4.78, 5) is 7.31. The molecule has 5 nitrogen and oxygen atoms in total. The first-order chi connectivity index (χ1) is 18.8. The van der Waals surface area contributed by atoms with E-state index >= 15 is 0 Å². The van der Waals surface area contributed by atoms with E-state index in [1.54, 1.807) is 0 Å². The van der Waals surface area contributed by atoms with E-state index in [-0.39, 0.29) is 0 Å². The molecule has 0 fully saturated rings. The number of hydrogen-bond acceptors (Lipinski definition) is 4. The number of hydrogen-bond donors (Lipinski definition) is 1. The second-order valence-electron chi connectivity index (χ2n) is 9.56. The predicted octanol–water partition coefficient (Wildman–Crippen LogP) is 6.55. The molecule has 2 heterocycles.